The number of carbonyl (C=O) groups excluding carboxylic acids is 1. The number of aliphatic carboxylic acids is 1. The molecule has 9 heteroatoms. The highest BCUT2D eigenvalue weighted by Crippen LogP contribution is 2.49. The minimum Gasteiger partial charge on any atom is -0.481 e. The van der Waals surface area contributed by atoms with Crippen LogP contribution >= 0.6 is 11.6 Å². The molecule has 0 radical (unpaired) electrons. The molecule has 2 aromatic carbocycles. The number of halogens is 2. The summed E-state index contributed by atoms with van der Waals surface area (Å²) < 4.78 is 27.8. The zero-order valence-corrected chi connectivity index (χ0v) is 22.4. The molecule has 1 fully saturated rings. The fourth-order valence-electron chi connectivity index (χ4n) is 6.03. The van der Waals surface area contributed by atoms with Crippen molar-refractivity contribution in [3.8, 4) is 5.75 Å². The normalized spacial score (nSPS) is 28.2. The van der Waals surface area contributed by atoms with Gasteiger partial charge in [0.1, 0.15) is 11.9 Å². The van der Waals surface area contributed by atoms with E-state index in [4.69, 9.17) is 26.8 Å². The van der Waals surface area contributed by atoms with Gasteiger partial charge in [0.15, 0.2) is 11.8 Å². The summed E-state index contributed by atoms with van der Waals surface area (Å²) >= 11 is 6.71. The van der Waals surface area contributed by atoms with E-state index in [2.05, 4.69) is 5.32 Å². The highest BCUT2D eigenvalue weighted by atomic mass is 35.5. The number of carbonyl (C=O) groups is 2. The standard InChI is InChI=1S/C30H32ClFN2O5/c1-38-24-13-11-20(28(33)35)26(27(24)32)25-21-15-30(18-5-3-2-4-6-18,39-23(21)14-12-22(25)31)16-34-19-9-7-17(8-10-19)29(36)37/h2-6,11-14,17,19,24,27,34H,7-10,15-16H2,1H3,(H2,33,35)(H,36,37)/t17?,19?,24?,27?,30-/m1/s1. The summed E-state index contributed by atoms with van der Waals surface area (Å²) in [6.45, 7) is 0.451. The second kappa shape index (κ2) is 11.1. The van der Waals surface area contributed by atoms with Gasteiger partial charge in [-0.25, -0.2) is 4.39 Å². The maximum absolute atomic E-state index is 15.9. The first-order valence-electron chi connectivity index (χ1n) is 13.2. The number of fused-ring (bicyclic) bond motifs is 1. The van der Waals surface area contributed by atoms with E-state index in [1.54, 1.807) is 12.1 Å². The van der Waals surface area contributed by atoms with Crippen molar-refractivity contribution in [1.82, 2.24) is 5.32 Å². The molecule has 7 nitrogen and oxygen atoms in total. The van der Waals surface area contributed by atoms with Gasteiger partial charge in [-0.3, -0.25) is 9.59 Å². The number of hydrogen-bond acceptors (Lipinski definition) is 5. The second-order valence-corrected chi connectivity index (χ2v) is 10.9. The summed E-state index contributed by atoms with van der Waals surface area (Å²) in [6.07, 6.45) is 3.59. The predicted molar refractivity (Wildman–Crippen MR) is 146 cm³/mol. The van der Waals surface area contributed by atoms with Crippen LogP contribution in [-0.2, 0) is 26.3 Å². The molecule has 5 rings (SSSR count). The van der Waals surface area contributed by atoms with Crippen LogP contribution in [0.15, 0.2) is 60.2 Å². The number of hydrogen-bond donors (Lipinski definition) is 3. The molecule has 1 amide bonds. The van der Waals surface area contributed by atoms with Gasteiger partial charge in [-0.2, -0.15) is 0 Å². The van der Waals surface area contributed by atoms with Crippen LogP contribution in [0, 0.1) is 5.92 Å². The van der Waals surface area contributed by atoms with Crippen molar-refractivity contribution in [2.75, 3.05) is 13.7 Å². The molecular weight excluding hydrogens is 523 g/mol. The van der Waals surface area contributed by atoms with Gasteiger partial charge in [0.25, 0.3) is 0 Å². The van der Waals surface area contributed by atoms with Crippen molar-refractivity contribution < 1.29 is 28.6 Å². The lowest BCUT2D eigenvalue weighted by molar-refractivity contribution is -0.142. The predicted octanol–water partition coefficient (Wildman–Crippen LogP) is 4.57. The SMILES string of the molecule is COC1C=CC(C(N)=O)=C(c2c(Cl)ccc3c2C[C@@](CNC2CCC(C(=O)O)CC2)(c2ccccc2)O3)C1F. The van der Waals surface area contributed by atoms with Crippen LogP contribution in [0.1, 0.15) is 42.4 Å². The summed E-state index contributed by atoms with van der Waals surface area (Å²) in [5.74, 6) is -1.23. The van der Waals surface area contributed by atoms with E-state index in [-0.39, 0.29) is 23.1 Å². The summed E-state index contributed by atoms with van der Waals surface area (Å²) in [5.41, 5.74) is 7.04. The second-order valence-electron chi connectivity index (χ2n) is 10.5. The van der Waals surface area contributed by atoms with E-state index < -0.39 is 29.8 Å². The average Bonchev–Trinajstić information content (AvgIpc) is 3.33. The van der Waals surface area contributed by atoms with E-state index in [9.17, 15) is 14.7 Å². The van der Waals surface area contributed by atoms with E-state index >= 15 is 4.39 Å². The number of carboxylic acids is 1. The molecule has 0 aromatic heterocycles. The van der Waals surface area contributed by atoms with Gasteiger partial charge in [0.2, 0.25) is 5.91 Å². The van der Waals surface area contributed by atoms with E-state index in [1.165, 1.54) is 19.3 Å². The van der Waals surface area contributed by atoms with E-state index in [0.29, 0.717) is 47.7 Å². The molecular formula is C30H32ClFN2O5. The highest BCUT2D eigenvalue weighted by Gasteiger charge is 2.45. The van der Waals surface area contributed by atoms with Crippen molar-refractivity contribution >= 4 is 29.1 Å². The van der Waals surface area contributed by atoms with Crippen molar-refractivity contribution in [2.24, 2.45) is 11.7 Å². The molecule has 4 N–H and O–H groups in total. The molecule has 1 saturated carbocycles. The third-order valence-electron chi connectivity index (χ3n) is 8.15. The molecule has 1 aliphatic heterocycles. The number of rotatable bonds is 8. The maximum atomic E-state index is 15.9. The van der Waals surface area contributed by atoms with Crippen LogP contribution in [0.4, 0.5) is 4.39 Å². The molecule has 0 bridgehead atoms. The van der Waals surface area contributed by atoms with Crippen molar-refractivity contribution in [3.05, 3.63) is 81.9 Å². The van der Waals surface area contributed by atoms with Crippen LogP contribution in [-0.4, -0.2) is 49.0 Å². The fourth-order valence-corrected chi connectivity index (χ4v) is 6.31. The van der Waals surface area contributed by atoms with Gasteiger partial charge in [0, 0.05) is 53.4 Å². The van der Waals surface area contributed by atoms with Gasteiger partial charge in [-0.15, -0.1) is 0 Å². The van der Waals surface area contributed by atoms with Crippen molar-refractivity contribution in [2.45, 2.75) is 56.0 Å². The van der Waals surface area contributed by atoms with Gasteiger partial charge >= 0.3 is 5.97 Å². The third-order valence-corrected chi connectivity index (χ3v) is 8.47. The number of nitrogens with one attached hydrogen (secondary N) is 1. The Morgan fingerprint density at radius 1 is 1.18 bits per heavy atom. The third kappa shape index (κ3) is 5.21. The van der Waals surface area contributed by atoms with Crippen LogP contribution in [0.2, 0.25) is 5.02 Å². The molecule has 3 atom stereocenters. The Bertz CT molecular complexity index is 1320. The Hall–Kier alpha value is -3.20. The number of carboxylic acid groups (broad SMARTS) is 1. The van der Waals surface area contributed by atoms with Gasteiger partial charge in [-0.1, -0.05) is 54.1 Å². The number of primary amides is 1. The average molecular weight is 555 g/mol. The Morgan fingerprint density at radius 3 is 2.54 bits per heavy atom. The molecule has 2 aromatic rings. The van der Waals surface area contributed by atoms with Crippen molar-refractivity contribution in [3.63, 3.8) is 0 Å². The molecule has 2 aliphatic carbocycles. The molecule has 2 unspecified atom stereocenters. The first kappa shape index (κ1) is 27.4. The lowest BCUT2D eigenvalue weighted by Crippen LogP contribution is -2.47. The zero-order chi connectivity index (χ0) is 27.7. The first-order chi connectivity index (χ1) is 18.7. The summed E-state index contributed by atoms with van der Waals surface area (Å²) in [6, 6.07) is 13.4. The Balaban J connectivity index is 1.52. The van der Waals surface area contributed by atoms with Crippen molar-refractivity contribution in [1.29, 1.82) is 0 Å². The number of nitrogens with two attached hydrogens (primary N) is 1. The molecule has 0 spiro atoms. The minimum atomic E-state index is -1.65. The van der Waals surface area contributed by atoms with Crippen LogP contribution in [0.3, 0.4) is 0 Å². The zero-order valence-electron chi connectivity index (χ0n) is 21.7. The fraction of sp³-hybridized carbons (Fsp3) is 0.400. The smallest absolute Gasteiger partial charge is 0.306 e. The highest BCUT2D eigenvalue weighted by molar-refractivity contribution is 6.33. The molecule has 0 saturated heterocycles. The number of methoxy groups -OCH3 is 1. The van der Waals surface area contributed by atoms with Gasteiger partial charge in [0.05, 0.1) is 5.92 Å². The first-order valence-corrected chi connectivity index (χ1v) is 13.5. The van der Waals surface area contributed by atoms with Crippen LogP contribution in [0.25, 0.3) is 5.57 Å². The largest absolute Gasteiger partial charge is 0.481 e. The maximum Gasteiger partial charge on any atom is 0.306 e. The monoisotopic (exact) mass is 554 g/mol. The van der Waals surface area contributed by atoms with Crippen LogP contribution < -0.4 is 15.8 Å². The number of ether oxygens (including phenoxy) is 2. The lowest BCUT2D eigenvalue weighted by atomic mass is 9.81. The topological polar surface area (TPSA) is 111 Å². The molecule has 39 heavy (non-hydrogen) atoms. The molecule has 206 valence electrons. The number of benzene rings is 2. The summed E-state index contributed by atoms with van der Waals surface area (Å²) in [5, 5.41) is 13.3. The van der Waals surface area contributed by atoms with E-state index in [1.807, 2.05) is 30.3 Å². The Labute approximate surface area is 231 Å². The van der Waals surface area contributed by atoms with E-state index in [0.717, 1.165) is 18.4 Å². The van der Waals surface area contributed by atoms with Gasteiger partial charge < -0.3 is 25.6 Å². The molecule has 1 heterocycles. The van der Waals surface area contributed by atoms with Gasteiger partial charge in [-0.05, 0) is 43.4 Å². The lowest BCUT2D eigenvalue weighted by Gasteiger charge is -2.34. The Kier molecular flexibility index (Phi) is 7.80. The number of alkyl halides is 1. The minimum absolute atomic E-state index is 0.0524. The number of amides is 1. The summed E-state index contributed by atoms with van der Waals surface area (Å²) in [4.78, 5) is 23.8. The summed E-state index contributed by atoms with van der Waals surface area (Å²) in [7, 11) is 1.41. The Morgan fingerprint density at radius 2 is 1.90 bits per heavy atom. The van der Waals surface area contributed by atoms with Crippen LogP contribution in [0.5, 0.6) is 5.75 Å². The molecule has 3 aliphatic rings. The quantitative estimate of drug-likeness (QED) is 0.441.